The predicted molar refractivity (Wildman–Crippen MR) is 120 cm³/mol. The van der Waals surface area contributed by atoms with Gasteiger partial charge in [0.25, 0.3) is 0 Å². The lowest BCUT2D eigenvalue weighted by Gasteiger charge is -2.30. The largest absolute Gasteiger partial charge is 0.417 e. The Morgan fingerprint density at radius 3 is 1.58 bits per heavy atom. The topological polar surface area (TPSA) is 19.0 Å². The normalized spacial score (nSPS) is 14.5. The van der Waals surface area contributed by atoms with Gasteiger partial charge in [0.1, 0.15) is 0 Å². The van der Waals surface area contributed by atoms with E-state index in [9.17, 15) is 0 Å². The van der Waals surface area contributed by atoms with Crippen LogP contribution in [0.4, 0.5) is 0 Å². The van der Waals surface area contributed by atoms with E-state index in [0.717, 1.165) is 6.61 Å². The van der Waals surface area contributed by atoms with E-state index in [1.54, 1.807) is 0 Å². The molecule has 5 heteroatoms. The highest BCUT2D eigenvalue weighted by Crippen LogP contribution is 2.17. The molecule has 158 valence electrons. The van der Waals surface area contributed by atoms with Crippen LogP contribution in [0.5, 0.6) is 0 Å². The second-order valence-electron chi connectivity index (χ2n) is 8.14. The van der Waals surface area contributed by atoms with Gasteiger partial charge in [0.2, 0.25) is 0 Å². The van der Waals surface area contributed by atoms with Crippen LogP contribution in [0.3, 0.4) is 0 Å². The maximum Gasteiger partial charge on any atom is 0.190 e. The zero-order chi connectivity index (χ0) is 19.8. The summed E-state index contributed by atoms with van der Waals surface area (Å²) in [4.78, 5) is 7.65. The number of hydrogen-bond acceptors (Lipinski definition) is 4. The smallest absolute Gasteiger partial charge is 0.190 e. The Kier molecular flexibility index (Phi) is 16.1. The van der Waals surface area contributed by atoms with Gasteiger partial charge in [0.05, 0.1) is 0 Å². The molecule has 0 aliphatic heterocycles. The molecule has 0 spiro atoms. The Morgan fingerprint density at radius 1 is 0.692 bits per heavy atom. The summed E-state index contributed by atoms with van der Waals surface area (Å²) in [5.41, 5.74) is 0. The van der Waals surface area contributed by atoms with Gasteiger partial charge in [-0.05, 0) is 111 Å². The van der Waals surface area contributed by atoms with Gasteiger partial charge in [0.15, 0.2) is 8.32 Å². The zero-order valence-electron chi connectivity index (χ0n) is 19.1. The molecule has 0 rings (SSSR count). The fraction of sp³-hybridized carbons (Fsp3) is 1.00. The molecule has 0 aromatic heterocycles. The number of rotatable bonds is 18. The molecule has 0 aliphatic rings. The van der Waals surface area contributed by atoms with Crippen LogP contribution < -0.4 is 0 Å². The van der Waals surface area contributed by atoms with Gasteiger partial charge in [-0.2, -0.15) is 0 Å². The molecular weight excluding hydrogens is 338 g/mol. The molecule has 0 bridgehead atoms. The van der Waals surface area contributed by atoms with E-state index >= 15 is 0 Å². The second-order valence-corrected chi connectivity index (χ2v) is 12.5. The minimum absolute atomic E-state index is 0.875. The van der Waals surface area contributed by atoms with E-state index < -0.39 is 8.32 Å². The molecule has 0 N–H and O–H groups in total. The van der Waals surface area contributed by atoms with Gasteiger partial charge in [-0.3, -0.25) is 0 Å². The van der Waals surface area contributed by atoms with Crippen molar-refractivity contribution in [2.24, 2.45) is 0 Å². The minimum atomic E-state index is -1.50. The highest BCUT2D eigenvalue weighted by Gasteiger charge is 2.26. The lowest BCUT2D eigenvalue weighted by atomic mass is 10.3. The molecule has 0 heterocycles. The maximum atomic E-state index is 6.17. The fourth-order valence-electron chi connectivity index (χ4n) is 3.55. The van der Waals surface area contributed by atoms with Crippen LogP contribution in [0.2, 0.25) is 18.6 Å². The molecule has 1 unspecified atom stereocenters. The van der Waals surface area contributed by atoms with Gasteiger partial charge in [-0.15, -0.1) is 0 Å². The summed E-state index contributed by atoms with van der Waals surface area (Å²) in [6.45, 7) is 20.8. The van der Waals surface area contributed by atoms with Gasteiger partial charge in [0, 0.05) is 6.61 Å². The third kappa shape index (κ3) is 13.3. The van der Waals surface area contributed by atoms with Crippen molar-refractivity contribution in [3.8, 4) is 0 Å². The van der Waals surface area contributed by atoms with E-state index in [1.165, 1.54) is 83.6 Å². The predicted octanol–water partition coefficient (Wildman–Crippen LogP) is 4.38. The Labute approximate surface area is 166 Å². The van der Waals surface area contributed by atoms with E-state index in [-0.39, 0.29) is 0 Å². The molecule has 4 nitrogen and oxygen atoms in total. The zero-order valence-corrected chi connectivity index (χ0v) is 20.1. The number of hydrogen-bond donors (Lipinski definition) is 0. The van der Waals surface area contributed by atoms with Crippen LogP contribution in [-0.2, 0) is 4.43 Å². The SMILES string of the molecule is CCCN(C)CCCN(CCCN(C)CCC)CC[Si](C)(CC)OCC. The van der Waals surface area contributed by atoms with E-state index in [4.69, 9.17) is 4.43 Å². The molecule has 0 saturated carbocycles. The minimum Gasteiger partial charge on any atom is -0.417 e. The third-order valence-corrected chi connectivity index (χ3v) is 9.20. The molecule has 0 amide bonds. The van der Waals surface area contributed by atoms with Gasteiger partial charge >= 0.3 is 0 Å². The van der Waals surface area contributed by atoms with Crippen LogP contribution in [0.1, 0.15) is 53.4 Å². The Morgan fingerprint density at radius 2 is 1.19 bits per heavy atom. The van der Waals surface area contributed by atoms with Crippen molar-refractivity contribution in [1.29, 1.82) is 0 Å². The molecule has 0 aliphatic carbocycles. The van der Waals surface area contributed by atoms with Crippen molar-refractivity contribution >= 4 is 8.32 Å². The first kappa shape index (κ1) is 26.1. The summed E-state index contributed by atoms with van der Waals surface area (Å²) in [5.74, 6) is 0. The summed E-state index contributed by atoms with van der Waals surface area (Å²) < 4.78 is 6.17. The lowest BCUT2D eigenvalue weighted by molar-refractivity contribution is 0.230. The first-order valence-corrected chi connectivity index (χ1v) is 14.0. The van der Waals surface area contributed by atoms with Crippen molar-refractivity contribution in [2.45, 2.75) is 72.0 Å². The molecule has 0 saturated heterocycles. The molecule has 0 aromatic rings. The molecule has 0 fully saturated rings. The fourth-order valence-corrected chi connectivity index (χ4v) is 5.73. The Bertz CT molecular complexity index is 302. The van der Waals surface area contributed by atoms with Crippen LogP contribution in [0.25, 0.3) is 0 Å². The molecule has 1 atom stereocenters. The highest BCUT2D eigenvalue weighted by molar-refractivity contribution is 6.72. The highest BCUT2D eigenvalue weighted by atomic mass is 28.4. The van der Waals surface area contributed by atoms with Gasteiger partial charge in [-0.1, -0.05) is 20.8 Å². The monoisotopic (exact) mass is 387 g/mol. The Hall–Kier alpha value is 0.0569. The molecule has 0 radical (unpaired) electrons. The summed E-state index contributed by atoms with van der Waals surface area (Å²) in [7, 11) is 3.01. The standard InChI is InChI=1S/C21H49N3OSi/c1-8-14-22(5)16-12-18-24(19-13-17-23(6)15-9-2)20-21-26(7,11-4)25-10-3/h8-21H2,1-7H3. The van der Waals surface area contributed by atoms with Crippen molar-refractivity contribution in [2.75, 3.05) is 66.5 Å². The van der Waals surface area contributed by atoms with Gasteiger partial charge in [-0.25, -0.2) is 0 Å². The van der Waals surface area contributed by atoms with E-state index in [2.05, 4.69) is 63.0 Å². The second kappa shape index (κ2) is 16.1. The lowest BCUT2D eigenvalue weighted by Crippen LogP contribution is -2.40. The first-order chi connectivity index (χ1) is 12.4. The third-order valence-electron chi connectivity index (χ3n) is 5.44. The van der Waals surface area contributed by atoms with Crippen molar-refractivity contribution < 1.29 is 4.43 Å². The van der Waals surface area contributed by atoms with Crippen LogP contribution in [-0.4, -0.2) is 89.5 Å². The average Bonchev–Trinajstić information content (AvgIpc) is 2.60. The molecule has 26 heavy (non-hydrogen) atoms. The van der Waals surface area contributed by atoms with Crippen LogP contribution in [0.15, 0.2) is 0 Å². The van der Waals surface area contributed by atoms with Crippen molar-refractivity contribution in [3.63, 3.8) is 0 Å². The van der Waals surface area contributed by atoms with Gasteiger partial charge < -0.3 is 19.1 Å². The van der Waals surface area contributed by atoms with Crippen molar-refractivity contribution in [3.05, 3.63) is 0 Å². The van der Waals surface area contributed by atoms with Crippen LogP contribution in [0, 0.1) is 0 Å². The summed E-state index contributed by atoms with van der Waals surface area (Å²) in [6, 6.07) is 2.50. The van der Waals surface area contributed by atoms with Crippen LogP contribution >= 0.6 is 0 Å². The maximum absolute atomic E-state index is 6.17. The molecule has 0 aromatic carbocycles. The summed E-state index contributed by atoms with van der Waals surface area (Å²) in [6.07, 6.45) is 5.05. The summed E-state index contributed by atoms with van der Waals surface area (Å²) >= 11 is 0. The van der Waals surface area contributed by atoms with E-state index in [0.29, 0.717) is 0 Å². The average molecular weight is 388 g/mol. The van der Waals surface area contributed by atoms with E-state index in [1.807, 2.05) is 0 Å². The summed E-state index contributed by atoms with van der Waals surface area (Å²) in [5, 5.41) is 0. The number of nitrogens with zero attached hydrogens (tertiary/aromatic N) is 3. The quantitative estimate of drug-likeness (QED) is 0.325. The Balaban J connectivity index is 4.42. The first-order valence-electron chi connectivity index (χ1n) is 11.1. The molecular formula is C21H49N3OSi. The van der Waals surface area contributed by atoms with Crippen molar-refractivity contribution in [1.82, 2.24) is 14.7 Å².